The fourth-order valence-corrected chi connectivity index (χ4v) is 2.54. The maximum Gasteiger partial charge on any atom is 0.0571 e. The van der Waals surface area contributed by atoms with Gasteiger partial charge in [-0.25, -0.2) is 0 Å². The molecule has 0 aromatic heterocycles. The van der Waals surface area contributed by atoms with Crippen LogP contribution in [0.25, 0.3) is 0 Å². The summed E-state index contributed by atoms with van der Waals surface area (Å²) in [5.41, 5.74) is 2.79. The Labute approximate surface area is 96.8 Å². The Hall–Kier alpha value is -0.530. The lowest BCUT2D eigenvalue weighted by Gasteiger charge is -2.18. The monoisotopic (exact) mass is 223 g/mol. The van der Waals surface area contributed by atoms with Gasteiger partial charge in [0.25, 0.3) is 0 Å². The Morgan fingerprint density at radius 1 is 1.40 bits per heavy atom. The van der Waals surface area contributed by atoms with E-state index in [0.717, 1.165) is 13.0 Å². The molecule has 1 nitrogen and oxygen atoms in total. The first-order chi connectivity index (χ1) is 7.18. The smallest absolute Gasteiger partial charge is 0.0571 e. The molecule has 2 unspecified atom stereocenters. The molecule has 1 aromatic rings. The number of benzene rings is 1. The van der Waals surface area contributed by atoms with Gasteiger partial charge >= 0.3 is 0 Å². The molecule has 1 aliphatic carbocycles. The zero-order chi connectivity index (χ0) is 10.8. The lowest BCUT2D eigenvalue weighted by molar-refractivity contribution is 0.475. The molecule has 0 heterocycles. The number of rotatable bonds is 3. The van der Waals surface area contributed by atoms with Crippen LogP contribution >= 0.6 is 11.6 Å². The molecule has 15 heavy (non-hydrogen) atoms. The van der Waals surface area contributed by atoms with Crippen LogP contribution in [0.4, 0.5) is 0 Å². The van der Waals surface area contributed by atoms with Gasteiger partial charge in [-0.3, -0.25) is 0 Å². The molecule has 0 bridgehead atoms. The molecular weight excluding hydrogens is 206 g/mol. The summed E-state index contributed by atoms with van der Waals surface area (Å²) in [4.78, 5) is 0. The molecule has 1 aromatic carbocycles. The molecule has 0 saturated heterocycles. The van der Waals surface area contributed by atoms with Crippen molar-refractivity contribution < 1.29 is 0 Å². The number of alkyl halides is 1. The van der Waals surface area contributed by atoms with Crippen molar-refractivity contribution in [2.75, 3.05) is 6.54 Å². The van der Waals surface area contributed by atoms with Gasteiger partial charge in [-0.2, -0.15) is 0 Å². The van der Waals surface area contributed by atoms with Gasteiger partial charge in [-0.05, 0) is 30.0 Å². The largest absolute Gasteiger partial charge is 0.308 e. The fourth-order valence-electron chi connectivity index (χ4n) is 2.15. The second kappa shape index (κ2) is 4.54. The molecule has 1 aliphatic rings. The van der Waals surface area contributed by atoms with Crippen LogP contribution in [0, 0.1) is 5.92 Å². The number of nitrogens with one attached hydrogen (secondary N) is 1. The summed E-state index contributed by atoms with van der Waals surface area (Å²) < 4.78 is 0. The molecule has 0 amide bonds. The van der Waals surface area contributed by atoms with E-state index >= 15 is 0 Å². The van der Waals surface area contributed by atoms with Crippen LogP contribution in [0.15, 0.2) is 24.3 Å². The zero-order valence-corrected chi connectivity index (χ0v) is 10.1. The number of hydrogen-bond acceptors (Lipinski definition) is 1. The molecule has 0 saturated carbocycles. The van der Waals surface area contributed by atoms with Crippen LogP contribution in [0.5, 0.6) is 0 Å². The molecular formula is C13H18ClN. The van der Waals surface area contributed by atoms with Crippen LogP contribution in [-0.4, -0.2) is 11.9 Å². The minimum absolute atomic E-state index is 0.209. The molecule has 2 rings (SSSR count). The first kappa shape index (κ1) is 11.0. The van der Waals surface area contributed by atoms with Gasteiger partial charge in [-0.1, -0.05) is 38.1 Å². The van der Waals surface area contributed by atoms with Crippen molar-refractivity contribution in [3.05, 3.63) is 35.4 Å². The second-order valence-corrected chi connectivity index (χ2v) is 5.26. The summed E-state index contributed by atoms with van der Waals surface area (Å²) in [6.07, 6.45) is 0.994. The number of hydrogen-bond donors (Lipinski definition) is 1. The van der Waals surface area contributed by atoms with Gasteiger partial charge in [-0.15, -0.1) is 11.6 Å². The van der Waals surface area contributed by atoms with Crippen LogP contribution in [0.2, 0.25) is 0 Å². The molecule has 2 heteroatoms. The van der Waals surface area contributed by atoms with E-state index in [1.54, 1.807) is 0 Å². The van der Waals surface area contributed by atoms with Crippen LogP contribution < -0.4 is 5.32 Å². The second-order valence-electron chi connectivity index (χ2n) is 4.70. The van der Waals surface area contributed by atoms with E-state index in [2.05, 4.69) is 43.4 Å². The third-order valence-electron chi connectivity index (χ3n) is 2.91. The first-order valence-corrected chi connectivity index (χ1v) is 6.07. The lowest BCUT2D eigenvalue weighted by Crippen LogP contribution is -2.29. The van der Waals surface area contributed by atoms with Gasteiger partial charge in [0, 0.05) is 6.04 Å². The Bertz CT molecular complexity index is 335. The Morgan fingerprint density at radius 3 is 2.87 bits per heavy atom. The van der Waals surface area contributed by atoms with Crippen molar-refractivity contribution in [2.45, 2.75) is 31.7 Å². The zero-order valence-electron chi connectivity index (χ0n) is 9.33. The summed E-state index contributed by atoms with van der Waals surface area (Å²) in [7, 11) is 0. The van der Waals surface area contributed by atoms with Gasteiger partial charge in [0.15, 0.2) is 0 Å². The third-order valence-corrected chi connectivity index (χ3v) is 3.32. The molecule has 2 atom stereocenters. The average Bonchev–Trinajstić information content (AvgIpc) is 2.50. The molecule has 0 aliphatic heterocycles. The van der Waals surface area contributed by atoms with Crippen molar-refractivity contribution in [1.29, 1.82) is 0 Å². The quantitative estimate of drug-likeness (QED) is 0.777. The van der Waals surface area contributed by atoms with E-state index in [9.17, 15) is 0 Å². The highest BCUT2D eigenvalue weighted by Gasteiger charge is 2.30. The van der Waals surface area contributed by atoms with Crippen molar-refractivity contribution in [3.8, 4) is 0 Å². The Kier molecular flexibility index (Phi) is 3.32. The summed E-state index contributed by atoms with van der Waals surface area (Å²) in [5.74, 6) is 0.668. The predicted molar refractivity (Wildman–Crippen MR) is 65.4 cm³/mol. The topological polar surface area (TPSA) is 12.0 Å². The number of halogens is 1. The van der Waals surface area contributed by atoms with E-state index in [1.165, 1.54) is 11.1 Å². The maximum atomic E-state index is 6.36. The van der Waals surface area contributed by atoms with Gasteiger partial charge < -0.3 is 5.32 Å². The number of fused-ring (bicyclic) bond motifs is 1. The third kappa shape index (κ3) is 2.35. The van der Waals surface area contributed by atoms with E-state index < -0.39 is 0 Å². The van der Waals surface area contributed by atoms with Crippen molar-refractivity contribution >= 4 is 11.6 Å². The molecule has 1 N–H and O–H groups in total. The first-order valence-electron chi connectivity index (χ1n) is 5.63. The van der Waals surface area contributed by atoms with E-state index in [-0.39, 0.29) is 5.38 Å². The van der Waals surface area contributed by atoms with E-state index in [0.29, 0.717) is 12.0 Å². The average molecular weight is 224 g/mol. The van der Waals surface area contributed by atoms with E-state index in [4.69, 9.17) is 11.6 Å². The van der Waals surface area contributed by atoms with Crippen molar-refractivity contribution in [3.63, 3.8) is 0 Å². The normalized spacial score (nSPS) is 24.5. The highest BCUT2D eigenvalue weighted by Crippen LogP contribution is 2.34. The molecule has 0 spiro atoms. The van der Waals surface area contributed by atoms with Crippen LogP contribution in [-0.2, 0) is 6.42 Å². The Morgan fingerprint density at radius 2 is 2.13 bits per heavy atom. The molecule has 0 radical (unpaired) electrons. The van der Waals surface area contributed by atoms with E-state index in [1.807, 2.05) is 0 Å². The highest BCUT2D eigenvalue weighted by atomic mass is 35.5. The summed E-state index contributed by atoms with van der Waals surface area (Å²) in [6.45, 7) is 5.47. The van der Waals surface area contributed by atoms with Crippen molar-refractivity contribution in [2.24, 2.45) is 5.92 Å². The van der Waals surface area contributed by atoms with Gasteiger partial charge in [0.05, 0.1) is 5.38 Å². The summed E-state index contributed by atoms with van der Waals surface area (Å²) in [5, 5.41) is 3.76. The van der Waals surface area contributed by atoms with Gasteiger partial charge in [0.2, 0.25) is 0 Å². The molecule has 82 valence electrons. The lowest BCUT2D eigenvalue weighted by atomic mass is 10.1. The minimum atomic E-state index is 0.209. The van der Waals surface area contributed by atoms with Crippen molar-refractivity contribution in [1.82, 2.24) is 5.32 Å². The van der Waals surface area contributed by atoms with Crippen LogP contribution in [0.3, 0.4) is 0 Å². The molecule has 0 fully saturated rings. The standard InChI is InChI=1S/C13H18ClN/c1-9(2)8-15-13-11-6-4-3-5-10(11)7-12(13)14/h3-6,9,12-13,15H,7-8H2,1-2H3. The predicted octanol–water partition coefficient (Wildman–Crippen LogP) is 3.14. The highest BCUT2D eigenvalue weighted by molar-refractivity contribution is 6.21. The minimum Gasteiger partial charge on any atom is -0.308 e. The maximum absolute atomic E-state index is 6.36. The summed E-state index contributed by atoms with van der Waals surface area (Å²) >= 11 is 6.36. The summed E-state index contributed by atoms with van der Waals surface area (Å²) in [6, 6.07) is 8.90. The fraction of sp³-hybridized carbons (Fsp3) is 0.538. The van der Waals surface area contributed by atoms with Gasteiger partial charge in [0.1, 0.15) is 0 Å². The Balaban J connectivity index is 2.11. The SMILES string of the molecule is CC(C)CNC1c2ccccc2CC1Cl. The van der Waals surface area contributed by atoms with Crippen LogP contribution in [0.1, 0.15) is 31.0 Å².